The first-order valence-corrected chi connectivity index (χ1v) is 19.8. The number of carbonyl (C=O) groups is 2. The van der Waals surface area contributed by atoms with E-state index >= 15 is 0 Å². The zero-order valence-corrected chi connectivity index (χ0v) is 32.8. The summed E-state index contributed by atoms with van der Waals surface area (Å²) in [7, 11) is 0. The van der Waals surface area contributed by atoms with E-state index in [0.717, 1.165) is 44.8 Å². The molecule has 8 rings (SSSR count). The maximum Gasteiger partial charge on any atom is 0.314 e. The molecule has 0 saturated heterocycles. The van der Waals surface area contributed by atoms with Crippen LogP contribution in [0.25, 0.3) is 0 Å². The Morgan fingerprint density at radius 3 is 0.683 bits per heavy atom. The van der Waals surface area contributed by atoms with Gasteiger partial charge in [-0.05, 0) is 81.9 Å². The molecule has 0 aliphatic rings. The maximum atomic E-state index is 13.0. The van der Waals surface area contributed by atoms with E-state index in [1.54, 1.807) is 24.3 Å². The van der Waals surface area contributed by atoms with Gasteiger partial charge in [-0.3, -0.25) is 9.59 Å². The third-order valence-electron chi connectivity index (χ3n) is 10.5. The molecule has 0 atom stereocenters. The summed E-state index contributed by atoms with van der Waals surface area (Å²) in [6.45, 7) is 0. The first kappa shape index (κ1) is 39.1. The molecule has 294 valence electrons. The van der Waals surface area contributed by atoms with Crippen molar-refractivity contribution in [2.45, 2.75) is 11.1 Å². The van der Waals surface area contributed by atoms with Crippen LogP contribution in [0.4, 0.5) is 22.7 Å². The molecule has 0 saturated carbocycles. The van der Waals surface area contributed by atoms with E-state index in [-0.39, 0.29) is 0 Å². The van der Waals surface area contributed by atoms with Gasteiger partial charge in [0, 0.05) is 22.7 Å². The first-order chi connectivity index (χ1) is 29.5. The standard InChI is InChI=1S/C52H44N6O2/c59-49(53-45-31-35-47(36-32-45)55-57-51(39-19-7-1-8-20-39,40-21-9-2-10-22-40)41-23-11-3-12-24-41)50(60)54-46-33-37-48(38-34-46)56-58-52(42-25-13-4-14-26-42,43-27-15-5-16-28-43)44-29-17-6-18-30-44/h1-38,55-58H,(H,53,59)(H,54,60). The third-order valence-corrected chi connectivity index (χ3v) is 10.5. The van der Waals surface area contributed by atoms with Gasteiger partial charge < -0.3 is 21.5 Å². The van der Waals surface area contributed by atoms with Gasteiger partial charge in [-0.2, -0.15) is 0 Å². The average Bonchev–Trinajstić information content (AvgIpc) is 3.32. The highest BCUT2D eigenvalue weighted by Gasteiger charge is 2.37. The molecular formula is C52H44N6O2. The summed E-state index contributed by atoms with van der Waals surface area (Å²) >= 11 is 0. The fraction of sp³-hybridized carbons (Fsp3) is 0.0385. The molecule has 0 spiro atoms. The van der Waals surface area contributed by atoms with Crippen LogP contribution in [0.3, 0.4) is 0 Å². The number of anilines is 4. The first-order valence-electron chi connectivity index (χ1n) is 19.8. The Kier molecular flexibility index (Phi) is 11.9. The molecule has 6 N–H and O–H groups in total. The molecule has 0 heterocycles. The number of amides is 2. The van der Waals surface area contributed by atoms with Crippen LogP contribution in [0.5, 0.6) is 0 Å². The van der Waals surface area contributed by atoms with E-state index in [2.05, 4.69) is 105 Å². The lowest BCUT2D eigenvalue weighted by molar-refractivity contribution is -0.132. The predicted molar refractivity (Wildman–Crippen MR) is 242 cm³/mol. The minimum Gasteiger partial charge on any atom is -0.320 e. The van der Waals surface area contributed by atoms with E-state index in [9.17, 15) is 9.59 Å². The molecule has 0 fully saturated rings. The van der Waals surface area contributed by atoms with Crippen molar-refractivity contribution in [2.75, 3.05) is 21.5 Å². The summed E-state index contributed by atoms with van der Waals surface area (Å²) in [4.78, 5) is 26.1. The van der Waals surface area contributed by atoms with Crippen LogP contribution in [-0.2, 0) is 20.7 Å². The lowest BCUT2D eigenvalue weighted by Crippen LogP contribution is -2.47. The Balaban J connectivity index is 0.920. The molecule has 0 aromatic heterocycles. The Morgan fingerprint density at radius 2 is 0.467 bits per heavy atom. The van der Waals surface area contributed by atoms with Crippen LogP contribution < -0.4 is 32.3 Å². The van der Waals surface area contributed by atoms with Crippen molar-refractivity contribution in [3.63, 3.8) is 0 Å². The van der Waals surface area contributed by atoms with E-state index in [4.69, 9.17) is 0 Å². The van der Waals surface area contributed by atoms with Gasteiger partial charge in [-0.25, -0.2) is 10.9 Å². The SMILES string of the molecule is O=C(Nc1ccc(NNC(c2ccccc2)(c2ccccc2)c2ccccc2)cc1)C(=O)Nc1ccc(NNC(c2ccccc2)(c2ccccc2)c2ccccc2)cc1. The molecule has 2 amide bonds. The predicted octanol–water partition coefficient (Wildman–Crippen LogP) is 10.1. The van der Waals surface area contributed by atoms with Crippen LogP contribution in [0.1, 0.15) is 33.4 Å². The van der Waals surface area contributed by atoms with Crippen molar-refractivity contribution in [3.05, 3.63) is 264 Å². The van der Waals surface area contributed by atoms with Crippen LogP contribution in [0.15, 0.2) is 231 Å². The molecule has 0 unspecified atom stereocenters. The number of rotatable bonds is 14. The van der Waals surface area contributed by atoms with Gasteiger partial charge in [-0.1, -0.05) is 182 Å². The lowest BCUT2D eigenvalue weighted by atomic mass is 9.77. The topological polar surface area (TPSA) is 106 Å². The molecule has 8 heteroatoms. The molecule has 0 aliphatic carbocycles. The van der Waals surface area contributed by atoms with Gasteiger partial charge in [0.05, 0.1) is 0 Å². The number of hydrogen-bond donors (Lipinski definition) is 6. The van der Waals surface area contributed by atoms with Crippen LogP contribution >= 0.6 is 0 Å². The second kappa shape index (κ2) is 18.2. The van der Waals surface area contributed by atoms with E-state index in [0.29, 0.717) is 11.4 Å². The number of benzene rings is 8. The van der Waals surface area contributed by atoms with Gasteiger partial charge >= 0.3 is 11.8 Å². The monoisotopic (exact) mass is 784 g/mol. The average molecular weight is 785 g/mol. The van der Waals surface area contributed by atoms with Crippen molar-refractivity contribution in [3.8, 4) is 0 Å². The lowest BCUT2D eigenvalue weighted by Gasteiger charge is -2.37. The molecule has 8 aromatic carbocycles. The normalized spacial score (nSPS) is 11.3. The van der Waals surface area contributed by atoms with Gasteiger partial charge in [0.2, 0.25) is 0 Å². The highest BCUT2D eigenvalue weighted by Crippen LogP contribution is 2.38. The molecular weight excluding hydrogens is 741 g/mol. The number of hydrazine groups is 2. The molecule has 0 radical (unpaired) electrons. The molecule has 0 aliphatic heterocycles. The second-order valence-electron chi connectivity index (χ2n) is 14.3. The van der Waals surface area contributed by atoms with E-state index in [1.807, 2.05) is 133 Å². The third kappa shape index (κ3) is 8.42. The van der Waals surface area contributed by atoms with Crippen molar-refractivity contribution in [1.29, 1.82) is 0 Å². The van der Waals surface area contributed by atoms with Crippen molar-refractivity contribution >= 4 is 34.6 Å². The summed E-state index contributed by atoms with van der Waals surface area (Å²) in [5, 5.41) is 5.43. The van der Waals surface area contributed by atoms with Crippen molar-refractivity contribution in [1.82, 2.24) is 10.9 Å². The largest absolute Gasteiger partial charge is 0.320 e. The second-order valence-corrected chi connectivity index (χ2v) is 14.3. The van der Waals surface area contributed by atoms with Gasteiger partial charge in [-0.15, -0.1) is 0 Å². The van der Waals surface area contributed by atoms with E-state index < -0.39 is 22.9 Å². The Labute approximate surface area is 350 Å². The minimum atomic E-state index is -0.785. The molecule has 8 aromatic rings. The van der Waals surface area contributed by atoms with Gasteiger partial charge in [0.25, 0.3) is 0 Å². The van der Waals surface area contributed by atoms with Crippen molar-refractivity contribution < 1.29 is 9.59 Å². The minimum absolute atomic E-state index is 0.477. The summed E-state index contributed by atoms with van der Waals surface area (Å²) < 4.78 is 0. The fourth-order valence-corrected chi connectivity index (χ4v) is 7.54. The fourth-order valence-electron chi connectivity index (χ4n) is 7.54. The summed E-state index contributed by atoms with van der Waals surface area (Å²) in [6, 6.07) is 76.1. The zero-order valence-electron chi connectivity index (χ0n) is 32.8. The molecule has 60 heavy (non-hydrogen) atoms. The van der Waals surface area contributed by atoms with Gasteiger partial charge in [0.15, 0.2) is 0 Å². The number of carbonyl (C=O) groups excluding carboxylic acids is 2. The summed E-state index contributed by atoms with van der Waals surface area (Å²) in [5.74, 6) is -1.57. The van der Waals surface area contributed by atoms with Crippen LogP contribution in [0.2, 0.25) is 0 Å². The van der Waals surface area contributed by atoms with E-state index in [1.165, 1.54) is 0 Å². The number of nitrogens with one attached hydrogen (secondary N) is 6. The van der Waals surface area contributed by atoms with Crippen LogP contribution in [-0.4, -0.2) is 11.8 Å². The van der Waals surface area contributed by atoms with Crippen LogP contribution in [0, 0.1) is 0 Å². The Hall–Kier alpha value is -7.78. The molecule has 0 bridgehead atoms. The Morgan fingerprint density at radius 1 is 0.267 bits per heavy atom. The quantitative estimate of drug-likeness (QED) is 0.0373. The molecule has 8 nitrogen and oxygen atoms in total. The zero-order chi connectivity index (χ0) is 41.0. The smallest absolute Gasteiger partial charge is 0.314 e. The van der Waals surface area contributed by atoms with Crippen molar-refractivity contribution in [2.24, 2.45) is 0 Å². The summed E-state index contributed by atoms with van der Waals surface area (Å²) in [6.07, 6.45) is 0. The summed E-state index contributed by atoms with van der Waals surface area (Å²) in [5.41, 5.74) is 21.5. The van der Waals surface area contributed by atoms with Gasteiger partial charge in [0.1, 0.15) is 11.1 Å². The highest BCUT2D eigenvalue weighted by atomic mass is 16.2. The Bertz CT molecular complexity index is 2220. The maximum absolute atomic E-state index is 13.0. The highest BCUT2D eigenvalue weighted by molar-refractivity contribution is 6.43. The number of hydrogen-bond acceptors (Lipinski definition) is 6.